The van der Waals surface area contributed by atoms with Gasteiger partial charge in [0.15, 0.2) is 0 Å². The minimum absolute atomic E-state index is 0.0671. The Morgan fingerprint density at radius 1 is 1.33 bits per heavy atom. The molecule has 2 rings (SSSR count). The Bertz CT molecular complexity index is 557. The normalized spacial score (nSPS) is 19.4. The smallest absolute Gasteiger partial charge is 0.370 e. The third-order valence-corrected chi connectivity index (χ3v) is 4.25. The van der Waals surface area contributed by atoms with Crippen LogP contribution in [-0.4, -0.2) is 50.1 Å². The van der Waals surface area contributed by atoms with Crippen LogP contribution in [0.1, 0.15) is 25.3 Å². The maximum atomic E-state index is 12.6. The third-order valence-electron chi connectivity index (χ3n) is 4.25. The molecule has 0 bridgehead atoms. The van der Waals surface area contributed by atoms with Crippen LogP contribution in [0.15, 0.2) is 24.3 Å². The highest BCUT2D eigenvalue weighted by Crippen LogP contribution is 2.31. The summed E-state index contributed by atoms with van der Waals surface area (Å²) in [5.41, 5.74) is 0.167. The molecule has 0 saturated carbocycles. The molecule has 0 aromatic heterocycles. The van der Waals surface area contributed by atoms with Crippen LogP contribution in [0.25, 0.3) is 0 Å². The van der Waals surface area contributed by atoms with Crippen LogP contribution in [0.4, 0.5) is 18.9 Å². The van der Waals surface area contributed by atoms with E-state index in [4.69, 9.17) is 0 Å². The number of amides is 1. The van der Waals surface area contributed by atoms with Gasteiger partial charge in [0.05, 0.1) is 5.56 Å². The SMILES string of the molecule is C[C@H](CC(=O)N(C)C)N[C@@H]1CCN(c2ccc(C(F)(F)F)cc2)C1. The molecule has 24 heavy (non-hydrogen) atoms. The molecule has 0 unspecified atom stereocenters. The Hall–Kier alpha value is -1.76. The monoisotopic (exact) mass is 343 g/mol. The van der Waals surface area contributed by atoms with Crippen LogP contribution in [0.3, 0.4) is 0 Å². The number of alkyl halides is 3. The molecule has 1 amide bonds. The van der Waals surface area contributed by atoms with E-state index in [0.29, 0.717) is 6.42 Å². The van der Waals surface area contributed by atoms with Crippen LogP contribution >= 0.6 is 0 Å². The summed E-state index contributed by atoms with van der Waals surface area (Å²) >= 11 is 0. The zero-order chi connectivity index (χ0) is 17.9. The van der Waals surface area contributed by atoms with Gasteiger partial charge in [-0.3, -0.25) is 4.79 Å². The Balaban J connectivity index is 1.87. The molecule has 134 valence electrons. The van der Waals surface area contributed by atoms with Gasteiger partial charge in [-0.25, -0.2) is 0 Å². The van der Waals surface area contributed by atoms with Gasteiger partial charge in [0, 0.05) is 51.4 Å². The van der Waals surface area contributed by atoms with Gasteiger partial charge in [-0.15, -0.1) is 0 Å². The van der Waals surface area contributed by atoms with Gasteiger partial charge < -0.3 is 15.1 Å². The average Bonchev–Trinajstić information content (AvgIpc) is 2.94. The lowest BCUT2D eigenvalue weighted by atomic mass is 10.1. The molecule has 0 radical (unpaired) electrons. The number of nitrogens with zero attached hydrogens (tertiary/aromatic N) is 2. The predicted octanol–water partition coefficient (Wildman–Crippen LogP) is 2.74. The molecular weight excluding hydrogens is 319 g/mol. The highest BCUT2D eigenvalue weighted by molar-refractivity contribution is 5.76. The van der Waals surface area contributed by atoms with Crippen molar-refractivity contribution in [3.63, 3.8) is 0 Å². The third kappa shape index (κ3) is 4.87. The molecule has 1 fully saturated rings. The van der Waals surface area contributed by atoms with Crippen LogP contribution in [0.2, 0.25) is 0 Å². The maximum Gasteiger partial charge on any atom is 0.416 e. The van der Waals surface area contributed by atoms with Gasteiger partial charge in [0.25, 0.3) is 0 Å². The number of carbonyl (C=O) groups excluding carboxylic acids is 1. The van der Waals surface area contributed by atoms with E-state index in [9.17, 15) is 18.0 Å². The second kappa shape index (κ2) is 7.42. The van der Waals surface area contributed by atoms with E-state index in [2.05, 4.69) is 10.2 Å². The molecule has 2 atom stereocenters. The topological polar surface area (TPSA) is 35.6 Å². The summed E-state index contributed by atoms with van der Waals surface area (Å²) in [6.45, 7) is 3.49. The van der Waals surface area contributed by atoms with Crippen molar-refractivity contribution in [2.24, 2.45) is 0 Å². The molecule has 0 spiro atoms. The lowest BCUT2D eigenvalue weighted by molar-refractivity contribution is -0.137. The number of anilines is 1. The summed E-state index contributed by atoms with van der Waals surface area (Å²) in [5.74, 6) is 0.0765. The standard InChI is InChI=1S/C17H24F3N3O/c1-12(10-16(24)22(2)3)21-14-8-9-23(11-14)15-6-4-13(5-7-15)17(18,19)20/h4-7,12,14,21H,8-11H2,1-3H3/t12-,14-/m1/s1. The summed E-state index contributed by atoms with van der Waals surface area (Å²) in [4.78, 5) is 15.3. The first-order chi connectivity index (χ1) is 11.2. The number of hydrogen-bond acceptors (Lipinski definition) is 3. The van der Waals surface area contributed by atoms with Crippen molar-refractivity contribution in [1.82, 2.24) is 10.2 Å². The van der Waals surface area contributed by atoms with Gasteiger partial charge in [-0.1, -0.05) is 0 Å². The minimum Gasteiger partial charge on any atom is -0.370 e. The van der Waals surface area contributed by atoms with Gasteiger partial charge in [0.2, 0.25) is 5.91 Å². The Morgan fingerprint density at radius 2 is 1.96 bits per heavy atom. The summed E-state index contributed by atoms with van der Waals surface area (Å²) in [5, 5.41) is 3.43. The van der Waals surface area contributed by atoms with Crippen molar-refractivity contribution in [1.29, 1.82) is 0 Å². The van der Waals surface area contributed by atoms with Crippen molar-refractivity contribution in [2.75, 3.05) is 32.1 Å². The van der Waals surface area contributed by atoms with Gasteiger partial charge in [0.1, 0.15) is 0 Å². The van der Waals surface area contributed by atoms with E-state index < -0.39 is 11.7 Å². The number of nitrogens with one attached hydrogen (secondary N) is 1. The van der Waals surface area contributed by atoms with Crippen molar-refractivity contribution < 1.29 is 18.0 Å². The van der Waals surface area contributed by atoms with Gasteiger partial charge in [-0.2, -0.15) is 13.2 Å². The summed E-state index contributed by atoms with van der Waals surface area (Å²) in [7, 11) is 3.47. The van der Waals surface area contributed by atoms with E-state index >= 15 is 0 Å². The van der Waals surface area contributed by atoms with E-state index in [1.54, 1.807) is 19.0 Å². The second-order valence-corrected chi connectivity index (χ2v) is 6.54. The van der Waals surface area contributed by atoms with E-state index in [1.807, 2.05) is 6.92 Å². The molecule has 1 aliphatic rings. The first kappa shape index (κ1) is 18.6. The van der Waals surface area contributed by atoms with Crippen molar-refractivity contribution in [2.45, 2.75) is 38.0 Å². The molecule has 0 aliphatic carbocycles. The highest BCUT2D eigenvalue weighted by atomic mass is 19.4. The number of halogens is 3. The molecule has 1 aromatic rings. The lowest BCUT2D eigenvalue weighted by Gasteiger charge is -2.22. The molecule has 4 nitrogen and oxygen atoms in total. The van der Waals surface area contributed by atoms with Crippen molar-refractivity contribution in [3.05, 3.63) is 29.8 Å². The molecule has 1 aromatic carbocycles. The van der Waals surface area contributed by atoms with Crippen LogP contribution in [-0.2, 0) is 11.0 Å². The minimum atomic E-state index is -4.30. The molecule has 7 heteroatoms. The second-order valence-electron chi connectivity index (χ2n) is 6.54. The maximum absolute atomic E-state index is 12.6. The zero-order valence-corrected chi connectivity index (χ0v) is 14.2. The molecule has 1 heterocycles. The number of carbonyl (C=O) groups is 1. The largest absolute Gasteiger partial charge is 0.416 e. The molecule has 1 N–H and O–H groups in total. The first-order valence-electron chi connectivity index (χ1n) is 8.05. The number of benzene rings is 1. The molecule has 1 saturated heterocycles. The Morgan fingerprint density at radius 3 is 2.50 bits per heavy atom. The zero-order valence-electron chi connectivity index (χ0n) is 14.2. The van der Waals surface area contributed by atoms with E-state index in [1.165, 1.54) is 12.1 Å². The van der Waals surface area contributed by atoms with Crippen LogP contribution in [0.5, 0.6) is 0 Å². The average molecular weight is 343 g/mol. The summed E-state index contributed by atoms with van der Waals surface area (Å²) < 4.78 is 37.8. The summed E-state index contributed by atoms with van der Waals surface area (Å²) in [6.07, 6.45) is -2.96. The van der Waals surface area contributed by atoms with Crippen LogP contribution < -0.4 is 10.2 Å². The first-order valence-corrected chi connectivity index (χ1v) is 8.05. The number of hydrogen-bond donors (Lipinski definition) is 1. The van der Waals surface area contributed by atoms with Crippen molar-refractivity contribution >= 4 is 11.6 Å². The summed E-state index contributed by atoms with van der Waals surface area (Å²) in [6, 6.07) is 5.58. The highest BCUT2D eigenvalue weighted by Gasteiger charge is 2.31. The van der Waals surface area contributed by atoms with Crippen molar-refractivity contribution in [3.8, 4) is 0 Å². The number of rotatable bonds is 5. The van der Waals surface area contributed by atoms with E-state index in [-0.39, 0.29) is 18.0 Å². The fraction of sp³-hybridized carbons (Fsp3) is 0.588. The lowest BCUT2D eigenvalue weighted by Crippen LogP contribution is -2.41. The van der Waals surface area contributed by atoms with Gasteiger partial charge in [-0.05, 0) is 37.6 Å². The molecular formula is C17H24F3N3O. The van der Waals surface area contributed by atoms with Gasteiger partial charge >= 0.3 is 6.18 Å². The Kier molecular flexibility index (Phi) is 5.74. The quantitative estimate of drug-likeness (QED) is 0.893. The fourth-order valence-corrected chi connectivity index (χ4v) is 2.90. The molecule has 1 aliphatic heterocycles. The van der Waals surface area contributed by atoms with E-state index in [0.717, 1.165) is 37.3 Å². The van der Waals surface area contributed by atoms with Crippen LogP contribution in [0, 0.1) is 0 Å². The Labute approximate surface area is 140 Å². The predicted molar refractivity (Wildman–Crippen MR) is 88.0 cm³/mol. The fourth-order valence-electron chi connectivity index (χ4n) is 2.90.